The van der Waals surface area contributed by atoms with Gasteiger partial charge in [-0.3, -0.25) is 0 Å². The molecule has 0 bridgehead atoms. The molecule has 0 spiro atoms. The maximum absolute atomic E-state index is 5.40. The maximum atomic E-state index is 5.40. The summed E-state index contributed by atoms with van der Waals surface area (Å²) < 4.78 is 16.0. The van der Waals surface area contributed by atoms with Gasteiger partial charge in [-0.15, -0.1) is 0 Å². The van der Waals surface area contributed by atoms with Crippen LogP contribution in [0.25, 0.3) is 0 Å². The minimum Gasteiger partial charge on any atom is -0.415 e. The summed E-state index contributed by atoms with van der Waals surface area (Å²) in [6.07, 6.45) is 3.67. The van der Waals surface area contributed by atoms with Crippen LogP contribution in [0.5, 0.6) is 0 Å². The molecule has 0 aliphatic heterocycles. The summed E-state index contributed by atoms with van der Waals surface area (Å²) >= 11 is 0. The molecule has 0 atom stereocenters. The largest absolute Gasteiger partial charge is 0.415 e. The maximum Gasteiger partial charge on any atom is 0.229 e. The molecule has 0 aromatic heterocycles. The Hall–Kier alpha value is 0.0969. The van der Waals surface area contributed by atoms with Crippen LogP contribution in [0.15, 0.2) is 0 Å². The smallest absolute Gasteiger partial charge is 0.229 e. The van der Waals surface area contributed by atoms with Gasteiger partial charge in [0.15, 0.2) is 0 Å². The minimum absolute atomic E-state index is 0.616. The van der Waals surface area contributed by atoms with E-state index >= 15 is 0 Å². The molecule has 15 heavy (non-hydrogen) atoms. The molecule has 0 fully saturated rings. The Labute approximate surface area is 96.4 Å². The van der Waals surface area contributed by atoms with Crippen LogP contribution in [-0.4, -0.2) is 42.8 Å². The van der Waals surface area contributed by atoms with Gasteiger partial charge in [-0.1, -0.05) is 26.7 Å². The zero-order chi connectivity index (χ0) is 11.2. The van der Waals surface area contributed by atoms with Gasteiger partial charge in [-0.05, 0) is 12.5 Å². The molecule has 0 aliphatic rings. The molecular formula is C11H24O3Si. The van der Waals surface area contributed by atoms with Crippen molar-refractivity contribution < 1.29 is 13.9 Å². The van der Waals surface area contributed by atoms with E-state index in [4.69, 9.17) is 13.9 Å². The number of ether oxygens (including phenoxy) is 2. The van der Waals surface area contributed by atoms with Gasteiger partial charge < -0.3 is 13.9 Å². The van der Waals surface area contributed by atoms with Gasteiger partial charge in [0.25, 0.3) is 0 Å². The first-order chi connectivity index (χ1) is 7.41. The highest BCUT2D eigenvalue weighted by atomic mass is 28.2. The Morgan fingerprint density at radius 3 is 2.13 bits per heavy atom. The first-order valence-corrected chi connectivity index (χ1v) is 7.03. The second kappa shape index (κ2) is 14.1. The summed E-state index contributed by atoms with van der Waals surface area (Å²) in [5.74, 6) is 0. The van der Waals surface area contributed by atoms with Crippen molar-refractivity contribution >= 4 is 9.76 Å². The van der Waals surface area contributed by atoms with Crippen LogP contribution in [0.1, 0.15) is 33.1 Å². The third-order valence-corrected chi connectivity index (χ3v) is 2.54. The Balaban J connectivity index is 2.81. The molecule has 0 amide bonds. The molecule has 0 N–H and O–H groups in total. The van der Waals surface area contributed by atoms with Crippen molar-refractivity contribution in [2.24, 2.45) is 0 Å². The molecule has 0 aromatic carbocycles. The van der Waals surface area contributed by atoms with Gasteiger partial charge >= 0.3 is 0 Å². The van der Waals surface area contributed by atoms with Crippen LogP contribution < -0.4 is 0 Å². The summed E-state index contributed by atoms with van der Waals surface area (Å²) in [6.45, 7) is 7.96. The zero-order valence-corrected chi connectivity index (χ0v) is 11.1. The van der Waals surface area contributed by atoms with E-state index < -0.39 is 0 Å². The molecule has 0 rings (SSSR count). The Morgan fingerprint density at radius 1 is 0.800 bits per heavy atom. The fourth-order valence-electron chi connectivity index (χ4n) is 1.05. The number of unbranched alkanes of at least 4 members (excludes halogenated alkanes) is 2. The van der Waals surface area contributed by atoms with Gasteiger partial charge in [0.2, 0.25) is 9.76 Å². The summed E-state index contributed by atoms with van der Waals surface area (Å²) in [6, 6.07) is 1.10. The topological polar surface area (TPSA) is 27.7 Å². The summed E-state index contributed by atoms with van der Waals surface area (Å²) in [4.78, 5) is 0. The van der Waals surface area contributed by atoms with Crippen LogP contribution in [0, 0.1) is 0 Å². The molecule has 2 radical (unpaired) electrons. The summed E-state index contributed by atoms with van der Waals surface area (Å²) in [5.41, 5.74) is 0. The normalized spacial score (nSPS) is 10.8. The highest BCUT2D eigenvalue weighted by Crippen LogP contribution is 1.93. The summed E-state index contributed by atoms with van der Waals surface area (Å²) in [7, 11) is 0.616. The van der Waals surface area contributed by atoms with Crippen molar-refractivity contribution in [2.75, 3.05) is 33.0 Å². The average molecular weight is 232 g/mol. The molecule has 0 aromatic rings. The fourth-order valence-corrected chi connectivity index (χ4v) is 1.48. The van der Waals surface area contributed by atoms with Crippen LogP contribution in [0.4, 0.5) is 0 Å². The van der Waals surface area contributed by atoms with Crippen LogP contribution in [-0.2, 0) is 13.9 Å². The molecule has 90 valence electrons. The lowest BCUT2D eigenvalue weighted by atomic mass is 10.3. The lowest BCUT2D eigenvalue weighted by Gasteiger charge is -2.05. The van der Waals surface area contributed by atoms with E-state index in [2.05, 4.69) is 13.8 Å². The Bertz CT molecular complexity index is 100. The molecular weight excluding hydrogens is 208 g/mol. The SMILES string of the molecule is CCCCCOCCOCCO[Si]CC. The highest BCUT2D eigenvalue weighted by molar-refractivity contribution is 6.26. The van der Waals surface area contributed by atoms with Gasteiger partial charge in [0, 0.05) is 6.61 Å². The lowest BCUT2D eigenvalue weighted by molar-refractivity contribution is 0.0357. The van der Waals surface area contributed by atoms with E-state index in [-0.39, 0.29) is 0 Å². The zero-order valence-electron chi connectivity index (χ0n) is 10.1. The molecule has 0 aliphatic carbocycles. The van der Waals surface area contributed by atoms with Crippen LogP contribution in [0.3, 0.4) is 0 Å². The van der Waals surface area contributed by atoms with Gasteiger partial charge in [-0.2, -0.15) is 0 Å². The first kappa shape index (κ1) is 15.1. The quantitative estimate of drug-likeness (QED) is 0.382. The third-order valence-electron chi connectivity index (χ3n) is 1.84. The van der Waals surface area contributed by atoms with E-state index in [0.29, 0.717) is 36.2 Å². The monoisotopic (exact) mass is 232 g/mol. The molecule has 0 unspecified atom stereocenters. The summed E-state index contributed by atoms with van der Waals surface area (Å²) in [5, 5.41) is 0. The number of hydrogen-bond acceptors (Lipinski definition) is 3. The first-order valence-electron chi connectivity index (χ1n) is 5.92. The average Bonchev–Trinajstić information content (AvgIpc) is 2.26. The van der Waals surface area contributed by atoms with Gasteiger partial charge in [-0.25, -0.2) is 0 Å². The molecule has 4 heteroatoms. The second-order valence-electron chi connectivity index (χ2n) is 3.28. The van der Waals surface area contributed by atoms with Crippen LogP contribution >= 0.6 is 0 Å². The lowest BCUT2D eigenvalue weighted by Crippen LogP contribution is -2.10. The standard InChI is InChI=1S/C11H24O3Si/c1-3-5-6-7-12-8-9-13-10-11-14-15-4-2/h3-11H2,1-2H3. The van der Waals surface area contributed by atoms with Gasteiger partial charge in [0.05, 0.1) is 26.4 Å². The van der Waals surface area contributed by atoms with Gasteiger partial charge in [0.1, 0.15) is 0 Å². The van der Waals surface area contributed by atoms with E-state index in [9.17, 15) is 0 Å². The van der Waals surface area contributed by atoms with E-state index in [1.165, 1.54) is 12.8 Å². The fraction of sp³-hybridized carbons (Fsp3) is 1.00. The third kappa shape index (κ3) is 14.1. The molecule has 0 saturated carbocycles. The van der Waals surface area contributed by atoms with E-state index in [1.807, 2.05) is 0 Å². The Morgan fingerprint density at radius 2 is 1.47 bits per heavy atom. The Kier molecular flexibility index (Phi) is 14.2. The predicted molar refractivity (Wildman–Crippen MR) is 63.4 cm³/mol. The highest BCUT2D eigenvalue weighted by Gasteiger charge is 1.91. The molecule has 3 nitrogen and oxygen atoms in total. The molecule has 0 saturated heterocycles. The number of rotatable bonds is 12. The van der Waals surface area contributed by atoms with Crippen molar-refractivity contribution in [3.05, 3.63) is 0 Å². The minimum atomic E-state index is 0.616. The second-order valence-corrected chi connectivity index (χ2v) is 4.56. The molecule has 0 heterocycles. The van der Waals surface area contributed by atoms with Crippen molar-refractivity contribution in [3.63, 3.8) is 0 Å². The van der Waals surface area contributed by atoms with Crippen molar-refractivity contribution in [1.82, 2.24) is 0 Å². The van der Waals surface area contributed by atoms with Crippen molar-refractivity contribution in [1.29, 1.82) is 0 Å². The number of hydrogen-bond donors (Lipinski definition) is 0. The van der Waals surface area contributed by atoms with Crippen molar-refractivity contribution in [2.45, 2.75) is 39.2 Å². The van der Waals surface area contributed by atoms with Crippen LogP contribution in [0.2, 0.25) is 6.04 Å². The predicted octanol–water partition coefficient (Wildman–Crippen LogP) is 2.28. The van der Waals surface area contributed by atoms with Crippen molar-refractivity contribution in [3.8, 4) is 0 Å². The van der Waals surface area contributed by atoms with E-state index in [0.717, 1.165) is 19.1 Å². The van der Waals surface area contributed by atoms with E-state index in [1.54, 1.807) is 0 Å².